The largest absolute Gasteiger partial charge is 0.417 e. The first-order chi connectivity index (χ1) is 10.0. The van der Waals surface area contributed by atoms with Gasteiger partial charge in [0.25, 0.3) is 0 Å². The molecule has 0 saturated carbocycles. The maximum atomic E-state index is 13.1. The van der Waals surface area contributed by atoms with E-state index in [1.54, 1.807) is 6.07 Å². The van der Waals surface area contributed by atoms with Crippen LogP contribution in [0.25, 0.3) is 22.3 Å². The number of nitrogens with one attached hydrogen (secondary N) is 1. The Balaban J connectivity index is 2.29. The highest BCUT2D eigenvalue weighted by molar-refractivity contribution is 5.91. The Morgan fingerprint density at radius 3 is 2.62 bits per heavy atom. The summed E-state index contributed by atoms with van der Waals surface area (Å²) in [6, 6.07) is 5.32. The predicted molar refractivity (Wildman–Crippen MR) is 72.3 cm³/mol. The van der Waals surface area contributed by atoms with Crippen LogP contribution in [0.4, 0.5) is 13.2 Å². The highest BCUT2D eigenvalue weighted by Gasteiger charge is 2.34. The summed E-state index contributed by atoms with van der Waals surface area (Å²) in [6.07, 6.45) is 3.65. The number of aromatic nitrogens is 3. The first kappa shape index (κ1) is 13.2. The molecule has 0 amide bonds. The Morgan fingerprint density at radius 1 is 1.14 bits per heavy atom. The van der Waals surface area contributed by atoms with Crippen molar-refractivity contribution in [1.82, 2.24) is 15.0 Å². The summed E-state index contributed by atoms with van der Waals surface area (Å²) in [5.41, 5.74) is 0.622. The molecular formula is C15H8F3N3. The van der Waals surface area contributed by atoms with Crippen molar-refractivity contribution in [3.8, 4) is 23.5 Å². The summed E-state index contributed by atoms with van der Waals surface area (Å²) in [5.74, 6) is 2.32. The molecule has 2 aromatic heterocycles. The Kier molecular flexibility index (Phi) is 2.91. The minimum atomic E-state index is -4.45. The molecule has 3 rings (SSSR count). The molecule has 0 aliphatic rings. The van der Waals surface area contributed by atoms with Crippen LogP contribution in [0, 0.1) is 12.3 Å². The second-order valence-corrected chi connectivity index (χ2v) is 4.34. The van der Waals surface area contributed by atoms with Gasteiger partial charge in [0.1, 0.15) is 11.2 Å². The molecule has 3 aromatic rings. The number of H-pyrrole nitrogens is 1. The molecule has 104 valence electrons. The molecular weight excluding hydrogens is 279 g/mol. The minimum Gasteiger partial charge on any atom is -0.344 e. The van der Waals surface area contributed by atoms with Crippen LogP contribution in [0.5, 0.6) is 0 Å². The zero-order valence-electron chi connectivity index (χ0n) is 10.6. The molecule has 1 aromatic carbocycles. The number of benzene rings is 1. The van der Waals surface area contributed by atoms with Gasteiger partial charge in [0.2, 0.25) is 0 Å². The molecule has 0 radical (unpaired) electrons. The fraction of sp³-hybridized carbons (Fsp3) is 0.0667. The lowest BCUT2D eigenvalue weighted by Gasteiger charge is -2.11. The minimum absolute atomic E-state index is 0.0414. The third-order valence-electron chi connectivity index (χ3n) is 3.05. The molecule has 0 aliphatic heterocycles. The van der Waals surface area contributed by atoms with Crippen LogP contribution in [0.15, 0.2) is 36.7 Å². The summed E-state index contributed by atoms with van der Waals surface area (Å²) in [4.78, 5) is 11.0. The molecule has 0 atom stereocenters. The van der Waals surface area contributed by atoms with Gasteiger partial charge in [-0.05, 0) is 17.6 Å². The number of alkyl halides is 3. The van der Waals surface area contributed by atoms with Gasteiger partial charge in [0.05, 0.1) is 11.8 Å². The summed E-state index contributed by atoms with van der Waals surface area (Å²) >= 11 is 0. The normalized spacial score (nSPS) is 11.5. The van der Waals surface area contributed by atoms with E-state index in [2.05, 4.69) is 20.9 Å². The lowest BCUT2D eigenvalue weighted by Crippen LogP contribution is -2.06. The van der Waals surface area contributed by atoms with Crippen LogP contribution < -0.4 is 0 Å². The smallest absolute Gasteiger partial charge is 0.344 e. The Bertz CT molecular complexity index is 856. The number of halogens is 3. The van der Waals surface area contributed by atoms with Crippen molar-refractivity contribution in [3.05, 3.63) is 47.9 Å². The van der Waals surface area contributed by atoms with E-state index < -0.39 is 11.7 Å². The second kappa shape index (κ2) is 4.63. The monoisotopic (exact) mass is 287 g/mol. The van der Waals surface area contributed by atoms with Gasteiger partial charge >= 0.3 is 6.18 Å². The van der Waals surface area contributed by atoms with Gasteiger partial charge in [-0.15, -0.1) is 6.42 Å². The number of hydrogen-bond acceptors (Lipinski definition) is 2. The van der Waals surface area contributed by atoms with Crippen molar-refractivity contribution in [2.75, 3.05) is 0 Å². The maximum Gasteiger partial charge on any atom is 0.417 e. The third kappa shape index (κ3) is 2.23. The molecule has 0 bridgehead atoms. The van der Waals surface area contributed by atoms with Crippen LogP contribution in [-0.4, -0.2) is 15.0 Å². The molecule has 2 heterocycles. The van der Waals surface area contributed by atoms with Crippen molar-refractivity contribution in [2.45, 2.75) is 6.18 Å². The molecule has 6 heteroatoms. The van der Waals surface area contributed by atoms with Crippen molar-refractivity contribution in [1.29, 1.82) is 0 Å². The molecule has 0 fully saturated rings. The van der Waals surface area contributed by atoms with E-state index in [0.717, 1.165) is 6.07 Å². The van der Waals surface area contributed by atoms with Gasteiger partial charge < -0.3 is 4.98 Å². The highest BCUT2D eigenvalue weighted by Crippen LogP contribution is 2.38. The van der Waals surface area contributed by atoms with E-state index in [0.29, 0.717) is 16.7 Å². The van der Waals surface area contributed by atoms with E-state index >= 15 is 0 Å². The van der Waals surface area contributed by atoms with Gasteiger partial charge in [-0.1, -0.05) is 18.2 Å². The lowest BCUT2D eigenvalue weighted by atomic mass is 10.0. The van der Waals surface area contributed by atoms with E-state index in [4.69, 9.17) is 6.42 Å². The Labute approximate surface area is 117 Å². The number of fused-ring (bicyclic) bond motifs is 1. The molecule has 0 unspecified atom stereocenters. The summed E-state index contributed by atoms with van der Waals surface area (Å²) in [5, 5.41) is 0. The standard InChI is InChI=1S/C15H8F3N3/c1-2-9-7-19-14-13(21-9)11(8-20-14)10-5-3-4-6-12(10)15(16,17)18/h1,3-8H,(H,19,20). The van der Waals surface area contributed by atoms with E-state index in [-0.39, 0.29) is 11.3 Å². The van der Waals surface area contributed by atoms with Gasteiger partial charge in [-0.3, -0.25) is 0 Å². The van der Waals surface area contributed by atoms with Crippen molar-refractivity contribution in [3.63, 3.8) is 0 Å². The quantitative estimate of drug-likeness (QED) is 0.694. The zero-order chi connectivity index (χ0) is 15.0. The summed E-state index contributed by atoms with van der Waals surface area (Å²) in [7, 11) is 0. The summed E-state index contributed by atoms with van der Waals surface area (Å²) in [6.45, 7) is 0. The van der Waals surface area contributed by atoms with E-state index in [9.17, 15) is 13.2 Å². The topological polar surface area (TPSA) is 41.6 Å². The SMILES string of the molecule is C#Cc1cnc2[nH]cc(-c3ccccc3C(F)(F)F)c2n1. The number of terminal acetylenes is 1. The fourth-order valence-electron chi connectivity index (χ4n) is 2.13. The number of nitrogens with zero attached hydrogens (tertiary/aromatic N) is 2. The number of hydrogen-bond donors (Lipinski definition) is 1. The molecule has 0 spiro atoms. The highest BCUT2D eigenvalue weighted by atomic mass is 19.4. The number of rotatable bonds is 1. The molecule has 0 aliphatic carbocycles. The second-order valence-electron chi connectivity index (χ2n) is 4.34. The Hall–Kier alpha value is -2.81. The number of aromatic amines is 1. The zero-order valence-corrected chi connectivity index (χ0v) is 10.6. The molecule has 1 N–H and O–H groups in total. The van der Waals surface area contributed by atoms with E-state index in [1.807, 2.05) is 0 Å². The van der Waals surface area contributed by atoms with Crippen molar-refractivity contribution in [2.24, 2.45) is 0 Å². The van der Waals surface area contributed by atoms with Gasteiger partial charge in [-0.2, -0.15) is 13.2 Å². The van der Waals surface area contributed by atoms with Gasteiger partial charge in [-0.25, -0.2) is 9.97 Å². The van der Waals surface area contributed by atoms with Crippen LogP contribution in [0.3, 0.4) is 0 Å². The van der Waals surface area contributed by atoms with Crippen LogP contribution in [0.1, 0.15) is 11.3 Å². The molecule has 21 heavy (non-hydrogen) atoms. The van der Waals surface area contributed by atoms with Gasteiger partial charge in [0.15, 0.2) is 5.65 Å². The molecule has 0 saturated heterocycles. The first-order valence-corrected chi connectivity index (χ1v) is 5.98. The van der Waals surface area contributed by atoms with E-state index in [1.165, 1.54) is 24.5 Å². The molecule has 3 nitrogen and oxygen atoms in total. The van der Waals surface area contributed by atoms with Gasteiger partial charge in [0, 0.05) is 11.8 Å². The maximum absolute atomic E-state index is 13.1. The van der Waals surface area contributed by atoms with Crippen molar-refractivity contribution >= 4 is 11.2 Å². The summed E-state index contributed by atoms with van der Waals surface area (Å²) < 4.78 is 39.3. The predicted octanol–water partition coefficient (Wildman–Crippen LogP) is 3.63. The van der Waals surface area contributed by atoms with Crippen LogP contribution >= 0.6 is 0 Å². The van der Waals surface area contributed by atoms with Crippen molar-refractivity contribution < 1.29 is 13.2 Å². The first-order valence-electron chi connectivity index (χ1n) is 5.98. The average molecular weight is 287 g/mol. The third-order valence-corrected chi connectivity index (χ3v) is 3.05. The average Bonchev–Trinajstić information content (AvgIpc) is 2.89. The fourth-order valence-corrected chi connectivity index (χ4v) is 2.13. The lowest BCUT2D eigenvalue weighted by molar-refractivity contribution is -0.137. The Morgan fingerprint density at radius 2 is 1.90 bits per heavy atom. The van der Waals surface area contributed by atoms with Crippen LogP contribution in [-0.2, 0) is 6.18 Å². The van der Waals surface area contributed by atoms with Crippen LogP contribution in [0.2, 0.25) is 0 Å².